The zero-order valence-corrected chi connectivity index (χ0v) is 24.7. The largest absolute Gasteiger partial charge is 0.444 e. The van der Waals surface area contributed by atoms with Gasteiger partial charge in [-0.25, -0.2) is 4.79 Å². The van der Waals surface area contributed by atoms with E-state index in [1.165, 1.54) is 4.90 Å². The van der Waals surface area contributed by atoms with Gasteiger partial charge in [-0.2, -0.15) is 0 Å². The SMILES string of the molecule is CCCCCNC(=O)C(c1ccc(C)c(C)c1)N(C(=O)C(CCC(N)=O)NC(=O)OC(C)(C)C)C(C)(C)C. The molecular formula is C29H48N4O5. The van der Waals surface area contributed by atoms with Crippen LogP contribution in [0.4, 0.5) is 4.79 Å². The number of nitrogens with zero attached hydrogens (tertiary/aromatic N) is 1. The number of rotatable bonds is 12. The molecule has 2 unspecified atom stereocenters. The van der Waals surface area contributed by atoms with E-state index < -0.39 is 41.1 Å². The number of nitrogens with two attached hydrogens (primary N) is 1. The van der Waals surface area contributed by atoms with E-state index in [0.29, 0.717) is 12.1 Å². The van der Waals surface area contributed by atoms with Crippen LogP contribution >= 0.6 is 0 Å². The maximum atomic E-state index is 14.2. The number of hydrogen-bond donors (Lipinski definition) is 3. The highest BCUT2D eigenvalue weighted by Gasteiger charge is 2.42. The molecule has 1 aromatic carbocycles. The number of unbranched alkanes of at least 4 members (excludes halogenated alkanes) is 2. The van der Waals surface area contributed by atoms with Crippen LogP contribution < -0.4 is 16.4 Å². The van der Waals surface area contributed by atoms with E-state index in [2.05, 4.69) is 17.6 Å². The van der Waals surface area contributed by atoms with Gasteiger partial charge in [0, 0.05) is 18.5 Å². The van der Waals surface area contributed by atoms with Crippen molar-refractivity contribution >= 4 is 23.8 Å². The van der Waals surface area contributed by atoms with Gasteiger partial charge in [0.1, 0.15) is 17.7 Å². The van der Waals surface area contributed by atoms with Crippen molar-refractivity contribution in [2.75, 3.05) is 6.54 Å². The second kappa shape index (κ2) is 14.2. The lowest BCUT2D eigenvalue weighted by molar-refractivity contribution is -0.148. The van der Waals surface area contributed by atoms with Gasteiger partial charge in [0.15, 0.2) is 0 Å². The number of carbonyl (C=O) groups is 4. The van der Waals surface area contributed by atoms with Crippen LogP contribution in [-0.4, -0.2) is 52.4 Å². The van der Waals surface area contributed by atoms with Gasteiger partial charge in [0.05, 0.1) is 0 Å². The van der Waals surface area contributed by atoms with E-state index in [-0.39, 0.29) is 18.7 Å². The van der Waals surface area contributed by atoms with Gasteiger partial charge in [-0.3, -0.25) is 14.4 Å². The minimum Gasteiger partial charge on any atom is -0.444 e. The molecule has 9 nitrogen and oxygen atoms in total. The minimum absolute atomic E-state index is 0.0300. The van der Waals surface area contributed by atoms with Crippen LogP contribution in [0.5, 0.6) is 0 Å². The minimum atomic E-state index is -1.13. The Morgan fingerprint density at radius 1 is 1.00 bits per heavy atom. The van der Waals surface area contributed by atoms with Gasteiger partial charge >= 0.3 is 6.09 Å². The maximum absolute atomic E-state index is 14.2. The fourth-order valence-corrected chi connectivity index (χ4v) is 4.04. The van der Waals surface area contributed by atoms with E-state index >= 15 is 0 Å². The van der Waals surface area contributed by atoms with Gasteiger partial charge in [-0.15, -0.1) is 0 Å². The first-order valence-electron chi connectivity index (χ1n) is 13.4. The zero-order valence-electron chi connectivity index (χ0n) is 24.7. The van der Waals surface area contributed by atoms with Crippen LogP contribution in [0.1, 0.15) is 103 Å². The lowest BCUT2D eigenvalue weighted by atomic mass is 9.93. The molecule has 38 heavy (non-hydrogen) atoms. The molecule has 0 fully saturated rings. The van der Waals surface area contributed by atoms with Crippen molar-refractivity contribution in [3.05, 3.63) is 34.9 Å². The average molecular weight is 533 g/mol. The number of primary amides is 1. The van der Waals surface area contributed by atoms with Crippen LogP contribution in [0, 0.1) is 13.8 Å². The van der Waals surface area contributed by atoms with Crippen molar-refractivity contribution < 1.29 is 23.9 Å². The number of benzene rings is 1. The average Bonchev–Trinajstić information content (AvgIpc) is 2.77. The Morgan fingerprint density at radius 3 is 2.13 bits per heavy atom. The molecule has 2 atom stereocenters. The summed E-state index contributed by atoms with van der Waals surface area (Å²) in [6.45, 7) is 17.2. The fourth-order valence-electron chi connectivity index (χ4n) is 4.04. The number of carbonyl (C=O) groups excluding carboxylic acids is 4. The molecule has 0 bridgehead atoms. The molecule has 0 aromatic heterocycles. The summed E-state index contributed by atoms with van der Waals surface area (Å²) in [5, 5.41) is 5.61. The zero-order chi connectivity index (χ0) is 29.3. The molecule has 214 valence electrons. The summed E-state index contributed by atoms with van der Waals surface area (Å²) in [6, 6.07) is 3.61. The summed E-state index contributed by atoms with van der Waals surface area (Å²) in [4.78, 5) is 53.6. The third kappa shape index (κ3) is 10.7. The van der Waals surface area contributed by atoms with Crippen LogP contribution in [0.3, 0.4) is 0 Å². The molecule has 9 heteroatoms. The monoisotopic (exact) mass is 532 g/mol. The summed E-state index contributed by atoms with van der Waals surface area (Å²) >= 11 is 0. The van der Waals surface area contributed by atoms with Crippen LogP contribution in [-0.2, 0) is 19.1 Å². The van der Waals surface area contributed by atoms with E-state index in [0.717, 1.165) is 30.4 Å². The van der Waals surface area contributed by atoms with Crippen molar-refractivity contribution in [1.82, 2.24) is 15.5 Å². The third-order valence-electron chi connectivity index (χ3n) is 6.06. The second-order valence-corrected chi connectivity index (χ2v) is 11.8. The first-order valence-corrected chi connectivity index (χ1v) is 13.4. The number of alkyl carbamates (subject to hydrolysis) is 1. The van der Waals surface area contributed by atoms with Crippen molar-refractivity contribution in [1.29, 1.82) is 0 Å². The highest BCUT2D eigenvalue weighted by Crippen LogP contribution is 2.31. The molecule has 0 saturated carbocycles. The summed E-state index contributed by atoms with van der Waals surface area (Å²) < 4.78 is 5.37. The Kier molecular flexibility index (Phi) is 12.3. The smallest absolute Gasteiger partial charge is 0.408 e. The van der Waals surface area contributed by atoms with Crippen molar-refractivity contribution in [2.24, 2.45) is 5.73 Å². The van der Waals surface area contributed by atoms with E-state index in [4.69, 9.17) is 10.5 Å². The predicted octanol–water partition coefficient (Wildman–Crippen LogP) is 4.44. The van der Waals surface area contributed by atoms with Crippen LogP contribution in [0.25, 0.3) is 0 Å². The molecule has 0 heterocycles. The lowest BCUT2D eigenvalue weighted by Gasteiger charge is -2.43. The Bertz CT molecular complexity index is 978. The standard InChI is InChI=1S/C29H48N4O5/c1-10-11-12-17-31-25(35)24(21-14-13-19(2)20(3)18-21)33(28(4,5)6)26(36)22(15-16-23(30)34)32-27(37)38-29(7,8)9/h13-14,18,22,24H,10-12,15-17H2,1-9H3,(H2,30,34)(H,31,35)(H,32,37). The molecule has 4 N–H and O–H groups in total. The molecule has 4 amide bonds. The quantitative estimate of drug-likeness (QED) is 0.343. The van der Waals surface area contributed by atoms with Gasteiger partial charge < -0.3 is 26.0 Å². The number of aryl methyl sites for hydroxylation is 2. The molecule has 0 aliphatic rings. The number of amides is 4. The fraction of sp³-hybridized carbons (Fsp3) is 0.655. The predicted molar refractivity (Wildman–Crippen MR) is 149 cm³/mol. The molecule has 0 aliphatic heterocycles. The second-order valence-electron chi connectivity index (χ2n) is 11.8. The van der Waals surface area contributed by atoms with Crippen molar-refractivity contribution in [2.45, 2.75) is 118 Å². The maximum Gasteiger partial charge on any atom is 0.408 e. The summed E-state index contributed by atoms with van der Waals surface area (Å²) in [5.41, 5.74) is 6.49. The lowest BCUT2D eigenvalue weighted by Crippen LogP contribution is -2.58. The number of hydrogen-bond acceptors (Lipinski definition) is 5. The van der Waals surface area contributed by atoms with E-state index in [1.807, 2.05) is 52.8 Å². The van der Waals surface area contributed by atoms with Gasteiger partial charge in [0.25, 0.3) is 0 Å². The summed E-state index contributed by atoms with van der Waals surface area (Å²) in [5.74, 6) is -1.41. The third-order valence-corrected chi connectivity index (χ3v) is 6.06. The summed E-state index contributed by atoms with van der Waals surface area (Å²) in [6.07, 6.45) is 1.87. The number of ether oxygens (including phenoxy) is 1. The molecule has 0 aliphatic carbocycles. The molecular weight excluding hydrogens is 484 g/mol. The van der Waals surface area contributed by atoms with Gasteiger partial charge in [-0.05, 0) is 84.9 Å². The summed E-state index contributed by atoms with van der Waals surface area (Å²) in [7, 11) is 0. The molecule has 0 spiro atoms. The molecule has 0 radical (unpaired) electrons. The first kappa shape index (κ1) is 32.9. The van der Waals surface area contributed by atoms with E-state index in [1.54, 1.807) is 20.8 Å². The Labute approximate surface area is 228 Å². The highest BCUT2D eigenvalue weighted by molar-refractivity contribution is 5.93. The Balaban J connectivity index is 3.56. The molecule has 1 rings (SSSR count). The topological polar surface area (TPSA) is 131 Å². The Hall–Kier alpha value is -3.10. The molecule has 0 saturated heterocycles. The van der Waals surface area contributed by atoms with Crippen LogP contribution in [0.15, 0.2) is 18.2 Å². The van der Waals surface area contributed by atoms with Crippen molar-refractivity contribution in [3.63, 3.8) is 0 Å². The van der Waals surface area contributed by atoms with E-state index in [9.17, 15) is 19.2 Å². The number of nitrogens with one attached hydrogen (secondary N) is 2. The van der Waals surface area contributed by atoms with Crippen molar-refractivity contribution in [3.8, 4) is 0 Å². The highest BCUT2D eigenvalue weighted by atomic mass is 16.6. The van der Waals surface area contributed by atoms with Gasteiger partial charge in [-0.1, -0.05) is 38.0 Å². The van der Waals surface area contributed by atoms with Gasteiger partial charge in [0.2, 0.25) is 17.7 Å². The van der Waals surface area contributed by atoms with Crippen LogP contribution in [0.2, 0.25) is 0 Å². The first-order chi connectivity index (χ1) is 17.5. The Morgan fingerprint density at radius 2 is 1.63 bits per heavy atom. The normalized spacial score (nSPS) is 13.3. The molecule has 1 aromatic rings.